The molecule has 0 aromatic heterocycles. The average Bonchev–Trinajstić information content (AvgIpc) is 2.17. The third-order valence-electron chi connectivity index (χ3n) is 1.85. The van der Waals surface area contributed by atoms with Crippen molar-refractivity contribution in [2.45, 2.75) is 3.42 Å². The van der Waals surface area contributed by atoms with E-state index in [-0.39, 0.29) is 5.75 Å². The van der Waals surface area contributed by atoms with E-state index in [2.05, 4.69) is 0 Å². The number of aliphatic carboxylic acids is 1. The fourth-order valence-electron chi connectivity index (χ4n) is 0.983. The van der Waals surface area contributed by atoms with Gasteiger partial charge in [0.1, 0.15) is 5.75 Å². The summed E-state index contributed by atoms with van der Waals surface area (Å²) in [5, 5.41) is 18.2. The van der Waals surface area contributed by atoms with Crippen molar-refractivity contribution in [3.63, 3.8) is 0 Å². The first-order valence-electron chi connectivity index (χ1n) is 3.78. The molecule has 0 saturated carbocycles. The van der Waals surface area contributed by atoms with Crippen LogP contribution in [0.5, 0.6) is 5.75 Å². The number of hydrogen-bond donors (Lipinski definition) is 2. The van der Waals surface area contributed by atoms with E-state index >= 15 is 0 Å². The lowest BCUT2D eigenvalue weighted by atomic mass is 10.0. The molecule has 0 fully saturated rings. The Bertz CT molecular complexity index is 336. The van der Waals surface area contributed by atoms with Gasteiger partial charge < -0.3 is 10.2 Å². The van der Waals surface area contributed by atoms with Crippen LogP contribution < -0.4 is 0 Å². The number of benzene rings is 1. The van der Waals surface area contributed by atoms with Crippen molar-refractivity contribution in [2.24, 2.45) is 0 Å². The average molecular weight is 418 g/mol. The standard InChI is InChI=1S/C9H8I2O3/c10-5-9(11,8(13)14)6-1-3-7(12)4-2-6/h1-4,12H,5H2,(H,13,14). The lowest BCUT2D eigenvalue weighted by molar-refractivity contribution is -0.138. The van der Waals surface area contributed by atoms with Crippen LogP contribution in [0.2, 0.25) is 0 Å². The third-order valence-corrected chi connectivity index (χ3v) is 5.92. The number of carboxylic acids is 1. The highest BCUT2D eigenvalue weighted by Gasteiger charge is 2.36. The molecule has 1 atom stereocenters. The molecule has 0 aliphatic rings. The molecule has 0 radical (unpaired) electrons. The Hall–Kier alpha value is -0.0500. The zero-order chi connectivity index (χ0) is 10.8. The third kappa shape index (κ3) is 2.30. The van der Waals surface area contributed by atoms with E-state index in [1.54, 1.807) is 12.1 Å². The second kappa shape index (κ2) is 4.65. The Morgan fingerprint density at radius 1 is 1.36 bits per heavy atom. The summed E-state index contributed by atoms with van der Waals surface area (Å²) in [4.78, 5) is 11.1. The van der Waals surface area contributed by atoms with Gasteiger partial charge in [0.2, 0.25) is 0 Å². The maximum absolute atomic E-state index is 11.1. The number of carboxylic acid groups (broad SMARTS) is 1. The number of hydrogen-bond acceptors (Lipinski definition) is 2. The lowest BCUT2D eigenvalue weighted by Gasteiger charge is -2.20. The van der Waals surface area contributed by atoms with Crippen LogP contribution in [0.4, 0.5) is 0 Å². The van der Waals surface area contributed by atoms with Gasteiger partial charge in [-0.15, -0.1) is 0 Å². The molecule has 0 aliphatic heterocycles. The van der Waals surface area contributed by atoms with E-state index in [0.717, 1.165) is 0 Å². The van der Waals surface area contributed by atoms with Gasteiger partial charge in [-0.25, -0.2) is 0 Å². The monoisotopic (exact) mass is 418 g/mol. The summed E-state index contributed by atoms with van der Waals surface area (Å²) >= 11 is 3.96. The first-order valence-corrected chi connectivity index (χ1v) is 6.39. The van der Waals surface area contributed by atoms with Crippen molar-refractivity contribution >= 4 is 51.2 Å². The first kappa shape index (κ1) is 12.0. The summed E-state index contributed by atoms with van der Waals surface area (Å²) in [6.07, 6.45) is 0. The highest BCUT2D eigenvalue weighted by Crippen LogP contribution is 2.35. The predicted molar refractivity (Wildman–Crippen MR) is 70.3 cm³/mol. The van der Waals surface area contributed by atoms with Gasteiger partial charge in [-0.3, -0.25) is 4.79 Å². The number of aromatic hydroxyl groups is 1. The van der Waals surface area contributed by atoms with Gasteiger partial charge in [0.25, 0.3) is 0 Å². The molecule has 76 valence electrons. The molecule has 0 bridgehead atoms. The van der Waals surface area contributed by atoms with Gasteiger partial charge in [0.05, 0.1) is 0 Å². The lowest BCUT2D eigenvalue weighted by Crippen LogP contribution is -2.30. The van der Waals surface area contributed by atoms with Crippen LogP contribution in [0.25, 0.3) is 0 Å². The second-order valence-electron chi connectivity index (χ2n) is 2.79. The molecular formula is C9H8I2O3. The molecule has 0 spiro atoms. The molecule has 14 heavy (non-hydrogen) atoms. The maximum Gasteiger partial charge on any atom is 0.324 e. The first-order chi connectivity index (χ1) is 6.50. The van der Waals surface area contributed by atoms with E-state index in [1.165, 1.54) is 12.1 Å². The van der Waals surface area contributed by atoms with Crippen molar-refractivity contribution in [3.05, 3.63) is 29.8 Å². The smallest absolute Gasteiger partial charge is 0.324 e. The highest BCUT2D eigenvalue weighted by molar-refractivity contribution is 14.1. The molecule has 5 heteroatoms. The quantitative estimate of drug-likeness (QED) is 0.587. The molecule has 0 saturated heterocycles. The molecule has 0 aliphatic carbocycles. The zero-order valence-corrected chi connectivity index (χ0v) is 11.4. The molecular weight excluding hydrogens is 410 g/mol. The van der Waals surface area contributed by atoms with Crippen LogP contribution in [-0.2, 0) is 8.22 Å². The Morgan fingerprint density at radius 2 is 1.86 bits per heavy atom. The Balaban J connectivity index is 3.13. The fourth-order valence-corrected chi connectivity index (χ4v) is 2.11. The Kier molecular flexibility index (Phi) is 3.99. The minimum Gasteiger partial charge on any atom is -0.508 e. The summed E-state index contributed by atoms with van der Waals surface area (Å²) in [6.45, 7) is 0. The molecule has 1 rings (SSSR count). The zero-order valence-electron chi connectivity index (χ0n) is 7.08. The van der Waals surface area contributed by atoms with Gasteiger partial charge in [0.15, 0.2) is 3.42 Å². The summed E-state index contributed by atoms with van der Waals surface area (Å²) in [5.41, 5.74) is 0.692. The molecule has 1 aromatic carbocycles. The molecule has 0 heterocycles. The van der Waals surface area contributed by atoms with Gasteiger partial charge in [0, 0.05) is 4.43 Å². The summed E-state index contributed by atoms with van der Waals surface area (Å²) in [7, 11) is 0. The number of phenols is 1. The van der Waals surface area contributed by atoms with Gasteiger partial charge >= 0.3 is 5.97 Å². The van der Waals surface area contributed by atoms with Crippen molar-refractivity contribution < 1.29 is 15.0 Å². The summed E-state index contributed by atoms with van der Waals surface area (Å²) in [5.74, 6) is -0.718. The maximum atomic E-state index is 11.1. The molecule has 1 unspecified atom stereocenters. The highest BCUT2D eigenvalue weighted by atomic mass is 127. The van der Waals surface area contributed by atoms with Crippen LogP contribution in [0.15, 0.2) is 24.3 Å². The number of halogens is 2. The van der Waals surface area contributed by atoms with Crippen molar-refractivity contribution in [3.8, 4) is 5.75 Å². The Morgan fingerprint density at radius 3 is 2.21 bits per heavy atom. The van der Waals surface area contributed by atoms with Crippen molar-refractivity contribution in [2.75, 3.05) is 4.43 Å². The summed E-state index contributed by atoms with van der Waals surface area (Å²) < 4.78 is -0.433. The minimum atomic E-state index is -0.911. The van der Waals surface area contributed by atoms with E-state index in [9.17, 15) is 4.79 Å². The number of rotatable bonds is 3. The number of alkyl halides is 2. The topological polar surface area (TPSA) is 57.5 Å². The van der Waals surface area contributed by atoms with Crippen LogP contribution in [0, 0.1) is 0 Å². The van der Waals surface area contributed by atoms with Crippen molar-refractivity contribution in [1.29, 1.82) is 0 Å². The fraction of sp³-hybridized carbons (Fsp3) is 0.222. The Labute approximate surface area is 109 Å². The molecule has 3 nitrogen and oxygen atoms in total. The minimum absolute atomic E-state index is 0.145. The van der Waals surface area contributed by atoms with Gasteiger partial charge in [-0.1, -0.05) is 57.3 Å². The number of phenolic OH excluding ortho intramolecular Hbond substituents is 1. The van der Waals surface area contributed by atoms with Gasteiger partial charge in [-0.05, 0) is 17.7 Å². The SMILES string of the molecule is O=C(O)C(I)(CI)c1ccc(O)cc1. The molecule has 1 aromatic rings. The van der Waals surface area contributed by atoms with E-state index in [0.29, 0.717) is 9.99 Å². The summed E-state index contributed by atoms with van der Waals surface area (Å²) in [6, 6.07) is 6.26. The molecule has 0 amide bonds. The van der Waals surface area contributed by atoms with Gasteiger partial charge in [-0.2, -0.15) is 0 Å². The second-order valence-corrected chi connectivity index (χ2v) is 5.39. The number of carbonyl (C=O) groups is 1. The van der Waals surface area contributed by atoms with Crippen LogP contribution >= 0.6 is 45.2 Å². The van der Waals surface area contributed by atoms with E-state index < -0.39 is 9.39 Å². The predicted octanol–water partition coefficient (Wildman–Crippen LogP) is 2.54. The molecule has 2 N–H and O–H groups in total. The van der Waals surface area contributed by atoms with Crippen LogP contribution in [0.1, 0.15) is 5.56 Å². The van der Waals surface area contributed by atoms with E-state index in [1.807, 2.05) is 45.2 Å². The van der Waals surface area contributed by atoms with Crippen molar-refractivity contribution in [1.82, 2.24) is 0 Å². The van der Waals surface area contributed by atoms with Crippen LogP contribution in [0.3, 0.4) is 0 Å². The largest absolute Gasteiger partial charge is 0.508 e. The van der Waals surface area contributed by atoms with E-state index in [4.69, 9.17) is 10.2 Å². The van der Waals surface area contributed by atoms with Crippen LogP contribution in [-0.4, -0.2) is 20.6 Å². The normalized spacial score (nSPS) is 14.7.